The Hall–Kier alpha value is -4.13. The van der Waals surface area contributed by atoms with Crippen molar-refractivity contribution in [2.75, 3.05) is 34.5 Å². The average Bonchev–Trinajstić information content (AvgIpc) is 3.85. The van der Waals surface area contributed by atoms with Gasteiger partial charge in [-0.25, -0.2) is 4.79 Å². The van der Waals surface area contributed by atoms with Crippen LogP contribution in [0.3, 0.4) is 0 Å². The molecular formula is C52H80N5O12+. The number of rotatable bonds is 7. The Morgan fingerprint density at radius 3 is 2.32 bits per heavy atom. The van der Waals surface area contributed by atoms with Crippen molar-refractivity contribution in [2.24, 2.45) is 51.1 Å². The number of aliphatic hydroxyl groups is 2. The molecule has 1 amide bonds. The van der Waals surface area contributed by atoms with Gasteiger partial charge in [0.2, 0.25) is 17.7 Å². The molecular weight excluding hydrogens is 887 g/mol. The second-order valence-corrected chi connectivity index (χ2v) is 20.5. The highest BCUT2D eigenvalue weighted by atomic mass is 16.6. The molecule has 69 heavy (non-hydrogen) atoms. The van der Waals surface area contributed by atoms with Crippen molar-refractivity contribution in [1.29, 1.82) is 0 Å². The molecule has 4 heterocycles. The Labute approximate surface area is 408 Å². The maximum absolute atomic E-state index is 14.7. The van der Waals surface area contributed by atoms with Crippen LogP contribution in [0.15, 0.2) is 63.2 Å². The van der Waals surface area contributed by atoms with Gasteiger partial charge in [-0.2, -0.15) is 0 Å². The summed E-state index contributed by atoms with van der Waals surface area (Å²) in [5.74, 6) is -7.93. The predicted molar refractivity (Wildman–Crippen MR) is 255 cm³/mol. The minimum Gasteiger partial charge on any atom is -0.460 e. The van der Waals surface area contributed by atoms with Crippen LogP contribution >= 0.6 is 0 Å². The molecule has 384 valence electrons. The number of carbonyl (C=O) groups is 5. The summed E-state index contributed by atoms with van der Waals surface area (Å²) in [5, 5.41) is 35.7. The number of allylic oxidation sites excluding steroid dienone is 6. The van der Waals surface area contributed by atoms with E-state index in [-0.39, 0.29) is 67.3 Å². The molecule has 2 bridgehead atoms. The topological polar surface area (TPSA) is 215 Å². The lowest BCUT2D eigenvalue weighted by Gasteiger charge is -2.40. The zero-order valence-corrected chi connectivity index (χ0v) is 42.7. The van der Waals surface area contributed by atoms with Crippen LogP contribution in [0.5, 0.6) is 0 Å². The van der Waals surface area contributed by atoms with Gasteiger partial charge in [0.15, 0.2) is 11.0 Å². The van der Waals surface area contributed by atoms with Crippen molar-refractivity contribution in [3.63, 3.8) is 0 Å². The van der Waals surface area contributed by atoms with E-state index in [2.05, 4.69) is 15.6 Å². The van der Waals surface area contributed by atoms with Crippen LogP contribution in [-0.4, -0.2) is 138 Å². The van der Waals surface area contributed by atoms with Gasteiger partial charge in [-0.3, -0.25) is 19.2 Å². The number of nitrogens with zero attached hydrogens (tertiary/aromatic N) is 5. The second kappa shape index (κ2) is 25.8. The summed E-state index contributed by atoms with van der Waals surface area (Å²) in [7, 11) is 4.62. The first-order valence-electron chi connectivity index (χ1n) is 25.2. The number of ether oxygens (including phenoxy) is 5. The van der Waals surface area contributed by atoms with Crippen LogP contribution < -0.4 is 0 Å². The van der Waals surface area contributed by atoms with Crippen LogP contribution in [-0.2, 0) is 47.7 Å². The van der Waals surface area contributed by atoms with Crippen molar-refractivity contribution in [1.82, 2.24) is 4.90 Å². The van der Waals surface area contributed by atoms with E-state index in [1.54, 1.807) is 41.1 Å². The van der Waals surface area contributed by atoms with Gasteiger partial charge in [0, 0.05) is 58.5 Å². The van der Waals surface area contributed by atoms with Gasteiger partial charge in [-0.15, -0.1) is 4.70 Å². The Morgan fingerprint density at radius 1 is 0.884 bits per heavy atom. The summed E-state index contributed by atoms with van der Waals surface area (Å²) >= 11 is 0. The number of piperidine rings is 1. The predicted octanol–water partition coefficient (Wildman–Crippen LogP) is 6.99. The first-order chi connectivity index (χ1) is 32.8. The van der Waals surface area contributed by atoms with E-state index in [1.165, 1.54) is 12.0 Å². The Morgan fingerprint density at radius 2 is 1.64 bits per heavy atom. The summed E-state index contributed by atoms with van der Waals surface area (Å²) in [6.07, 6.45) is 12.0. The highest BCUT2D eigenvalue weighted by Gasteiger charge is 2.55. The molecule has 15 atom stereocenters. The SMILES string of the molecule is CO[C@H]1C[C@@H]2CC[C@@H](C)C(=O)C(O)(O2)C(=O)N2CCCCC2C(=O)O[C@H]([C@H](C)C[C@@H]2CC[C@@H]([N+]3=NN=NC3)[C@H](OC)C2)CC(=O)[C@H](C)/C=C(\C)[C@@H](O)[C@@H](OC)C(=O)[C@@H](C)C[C@H](C)/C=C/C=C/C=C/1C. The average molecular weight is 967 g/mol. The number of aliphatic hydroxyl groups excluding tert-OH is 1. The first-order valence-corrected chi connectivity index (χ1v) is 25.2. The highest BCUT2D eigenvalue weighted by molar-refractivity contribution is 6.09. The molecule has 4 aliphatic heterocycles. The first kappa shape index (κ1) is 55.8. The fourth-order valence-electron chi connectivity index (χ4n) is 10.8. The summed E-state index contributed by atoms with van der Waals surface area (Å²) in [5.41, 5.74) is 1.24. The number of cyclic esters (lactones) is 1. The van der Waals surface area contributed by atoms with E-state index in [0.29, 0.717) is 57.2 Å². The molecule has 5 rings (SSSR count). The van der Waals surface area contributed by atoms with E-state index >= 15 is 0 Å². The lowest BCUT2D eigenvalue weighted by molar-refractivity contribution is -0.631. The number of methoxy groups -OCH3 is 3. The van der Waals surface area contributed by atoms with Gasteiger partial charge in [0.1, 0.15) is 36.2 Å². The van der Waals surface area contributed by atoms with Crippen LogP contribution in [0, 0.1) is 35.5 Å². The van der Waals surface area contributed by atoms with Crippen molar-refractivity contribution < 1.29 is 62.6 Å². The number of Topliss-reactive ketones (excluding diaryl/α,β-unsaturated/α-hetero) is 3. The second-order valence-electron chi connectivity index (χ2n) is 20.5. The minimum absolute atomic E-state index is 0.00176. The zero-order chi connectivity index (χ0) is 50.6. The third-order valence-corrected chi connectivity index (χ3v) is 15.2. The summed E-state index contributed by atoms with van der Waals surface area (Å²) in [4.78, 5) is 72.6. The number of hydrogen-bond acceptors (Lipinski definition) is 15. The lowest BCUT2D eigenvalue weighted by Crippen LogP contribution is -2.62. The van der Waals surface area contributed by atoms with Crippen molar-refractivity contribution in [3.05, 3.63) is 47.6 Å². The Balaban J connectivity index is 1.49. The monoisotopic (exact) mass is 967 g/mol. The van der Waals surface area contributed by atoms with Crippen molar-refractivity contribution in [2.45, 2.75) is 180 Å². The molecule has 2 N–H and O–H groups in total. The van der Waals surface area contributed by atoms with Gasteiger partial charge < -0.3 is 38.8 Å². The Bertz CT molecular complexity index is 2000. The molecule has 1 saturated carbocycles. The minimum atomic E-state index is -2.85. The number of fused-ring (bicyclic) bond motifs is 3. The third kappa shape index (κ3) is 14.3. The fraction of sp³-hybridized carbons (Fsp3) is 0.750. The van der Waals surface area contributed by atoms with Gasteiger partial charge in [-0.1, -0.05) is 71.1 Å². The number of ketones is 3. The standard InChI is InChI=1S/C52H80N5O12/c1-31-16-12-11-13-17-32(2)43(65-8)28-39-21-19-33(3)49(61)52(64,69-39)51(63)56-23-15-14-18-41(56)50(62)68-44(35(5)26-38-20-22-40(45(27-38)66-9)57-30-53-54-55-57)29-42(58)34(4)25-37(7)47(60)48(67-10)46(59)36(6)24-31/h11-13,16-17,25,31,33-36,38-41,43-45,47-48,60,64H,14-15,18-24,26-30H2,1-10H3/q+1/b13-11+,16-12+,32-17+,37-25+/t31-,33-,34-,35-,36+,38+,39+,40-,41?,43+,44+,45-,47-,48+,52?/m1/s1. The molecule has 0 aromatic carbocycles. The van der Waals surface area contributed by atoms with Crippen molar-refractivity contribution >= 4 is 29.2 Å². The number of carbonyl (C=O) groups excluding carboxylic acids is 5. The van der Waals surface area contributed by atoms with Gasteiger partial charge >= 0.3 is 11.8 Å². The lowest BCUT2D eigenvalue weighted by atomic mass is 9.77. The third-order valence-electron chi connectivity index (χ3n) is 15.2. The summed E-state index contributed by atoms with van der Waals surface area (Å²) in [6.45, 7) is 13.2. The van der Waals surface area contributed by atoms with Crippen LogP contribution in [0.4, 0.5) is 0 Å². The normalized spacial score (nSPS) is 39.6. The molecule has 0 aromatic rings. The van der Waals surface area contributed by atoms with Crippen LogP contribution in [0.2, 0.25) is 0 Å². The molecule has 1 aliphatic carbocycles. The molecule has 2 saturated heterocycles. The number of esters is 1. The van der Waals surface area contributed by atoms with Gasteiger partial charge in [0.05, 0.1) is 18.3 Å². The number of hydrogen-bond donors (Lipinski definition) is 2. The molecule has 0 radical (unpaired) electrons. The van der Waals surface area contributed by atoms with E-state index in [1.807, 2.05) is 62.8 Å². The largest absolute Gasteiger partial charge is 0.460 e. The summed E-state index contributed by atoms with van der Waals surface area (Å²) in [6, 6.07) is -1.16. The van der Waals surface area contributed by atoms with Gasteiger partial charge in [-0.05, 0) is 112 Å². The van der Waals surface area contributed by atoms with Crippen LogP contribution in [0.1, 0.15) is 126 Å². The van der Waals surface area contributed by atoms with E-state index in [4.69, 9.17) is 23.7 Å². The molecule has 17 heteroatoms. The Kier molecular flexibility index (Phi) is 20.9. The molecule has 0 spiro atoms. The van der Waals surface area contributed by atoms with Gasteiger partial charge in [0.25, 0.3) is 5.91 Å². The quantitative estimate of drug-likeness (QED) is 0.114. The summed E-state index contributed by atoms with van der Waals surface area (Å²) < 4.78 is 31.9. The highest BCUT2D eigenvalue weighted by Crippen LogP contribution is 2.37. The maximum atomic E-state index is 14.7. The molecule has 0 aromatic heterocycles. The van der Waals surface area contributed by atoms with E-state index in [0.717, 1.165) is 18.4 Å². The van der Waals surface area contributed by atoms with Crippen molar-refractivity contribution in [3.8, 4) is 0 Å². The van der Waals surface area contributed by atoms with E-state index < -0.39 is 77.8 Å². The molecule has 3 fully saturated rings. The molecule has 2 unspecified atom stereocenters. The zero-order valence-electron chi connectivity index (χ0n) is 42.7. The molecule has 5 aliphatic rings. The smallest absolute Gasteiger partial charge is 0.329 e. The molecule has 17 nitrogen and oxygen atoms in total. The number of amides is 1. The van der Waals surface area contributed by atoms with Crippen LogP contribution in [0.25, 0.3) is 0 Å². The fourth-order valence-corrected chi connectivity index (χ4v) is 10.8. The maximum Gasteiger partial charge on any atom is 0.329 e. The van der Waals surface area contributed by atoms with E-state index in [9.17, 15) is 34.2 Å².